The van der Waals surface area contributed by atoms with Crippen molar-refractivity contribution in [1.82, 2.24) is 0 Å². The first-order chi connectivity index (χ1) is 12.2. The van der Waals surface area contributed by atoms with Crippen molar-refractivity contribution in [2.75, 3.05) is 4.90 Å². The fraction of sp³-hybridized carbons (Fsp3) is 0.238. The van der Waals surface area contributed by atoms with E-state index in [0.29, 0.717) is 12.0 Å². The predicted molar refractivity (Wildman–Crippen MR) is 96.4 cm³/mol. The third-order valence-corrected chi connectivity index (χ3v) is 4.85. The van der Waals surface area contributed by atoms with Crippen molar-refractivity contribution in [2.24, 2.45) is 0 Å². The lowest BCUT2D eigenvalue weighted by Gasteiger charge is -2.41. The Balaban J connectivity index is 1.94. The first-order valence-corrected chi connectivity index (χ1v) is 8.61. The van der Waals surface area contributed by atoms with Gasteiger partial charge in [0.05, 0.1) is 5.69 Å². The fourth-order valence-electron chi connectivity index (χ4n) is 3.68. The summed E-state index contributed by atoms with van der Waals surface area (Å²) in [5.41, 5.74) is 1.93. The van der Waals surface area contributed by atoms with Gasteiger partial charge in [0.15, 0.2) is 0 Å². The van der Waals surface area contributed by atoms with Crippen LogP contribution < -0.4 is 4.90 Å². The number of anilines is 2. The molecule has 0 bridgehead atoms. The van der Waals surface area contributed by atoms with Crippen LogP contribution in [0.4, 0.5) is 11.4 Å². The molecule has 2 aliphatic rings. The first-order valence-electron chi connectivity index (χ1n) is 8.61. The van der Waals surface area contributed by atoms with E-state index in [0.717, 1.165) is 29.8 Å². The summed E-state index contributed by atoms with van der Waals surface area (Å²) in [4.78, 5) is 27.3. The van der Waals surface area contributed by atoms with Crippen LogP contribution in [0.3, 0.4) is 0 Å². The molecule has 1 unspecified atom stereocenters. The van der Waals surface area contributed by atoms with E-state index >= 15 is 0 Å². The Morgan fingerprint density at radius 3 is 2.48 bits per heavy atom. The van der Waals surface area contributed by atoms with Gasteiger partial charge < -0.3 is 4.74 Å². The number of hydrogen-bond acceptors (Lipinski definition) is 3. The number of rotatable bonds is 4. The monoisotopic (exact) mass is 333 g/mol. The zero-order chi connectivity index (χ0) is 17.4. The maximum atomic E-state index is 13.6. The van der Waals surface area contributed by atoms with Crippen LogP contribution in [0.15, 0.2) is 60.7 Å². The lowest BCUT2D eigenvalue weighted by atomic mass is 9.79. The molecule has 4 nitrogen and oxygen atoms in total. The van der Waals surface area contributed by atoms with Crippen LogP contribution in [-0.2, 0) is 14.3 Å². The SMILES string of the molecule is CCCCC12OC(=O)C=C1c1ccccc1N(c1ccccc1)C2=O. The Morgan fingerprint density at radius 1 is 1.00 bits per heavy atom. The van der Waals surface area contributed by atoms with Gasteiger partial charge in [-0.2, -0.15) is 0 Å². The standard InChI is InChI=1S/C21H19NO3/c1-2-3-13-21-17(14-19(23)25-21)16-11-7-8-12-18(16)22(20(21)24)15-9-5-4-6-10-15/h4-12,14H,2-3,13H2,1H3. The van der Waals surface area contributed by atoms with Crippen molar-refractivity contribution in [2.45, 2.75) is 31.8 Å². The number of fused-ring (bicyclic) bond motifs is 3. The van der Waals surface area contributed by atoms with Crippen molar-refractivity contribution >= 4 is 28.8 Å². The average Bonchev–Trinajstić information content (AvgIpc) is 2.99. The molecule has 1 atom stereocenters. The van der Waals surface area contributed by atoms with Gasteiger partial charge in [-0.05, 0) is 24.6 Å². The largest absolute Gasteiger partial charge is 0.441 e. The molecule has 0 aromatic heterocycles. The molecule has 0 saturated heterocycles. The zero-order valence-corrected chi connectivity index (χ0v) is 14.1. The maximum Gasteiger partial charge on any atom is 0.332 e. The van der Waals surface area contributed by atoms with E-state index in [1.807, 2.05) is 54.6 Å². The van der Waals surface area contributed by atoms with Gasteiger partial charge in [0.1, 0.15) is 0 Å². The number of hydrogen-bond donors (Lipinski definition) is 0. The Kier molecular flexibility index (Phi) is 3.68. The Labute approximate surface area is 146 Å². The highest BCUT2D eigenvalue weighted by atomic mass is 16.6. The quantitative estimate of drug-likeness (QED) is 0.787. The summed E-state index contributed by atoms with van der Waals surface area (Å²) < 4.78 is 5.65. The molecule has 0 spiro atoms. The molecule has 4 heteroatoms. The second-order valence-electron chi connectivity index (χ2n) is 6.40. The van der Waals surface area contributed by atoms with Crippen molar-refractivity contribution < 1.29 is 14.3 Å². The van der Waals surface area contributed by atoms with E-state index in [-0.39, 0.29) is 5.91 Å². The van der Waals surface area contributed by atoms with Gasteiger partial charge in [-0.1, -0.05) is 49.7 Å². The third-order valence-electron chi connectivity index (χ3n) is 4.85. The Bertz CT molecular complexity index is 872. The van der Waals surface area contributed by atoms with E-state index < -0.39 is 11.6 Å². The number of nitrogens with zero attached hydrogens (tertiary/aromatic N) is 1. The predicted octanol–water partition coefficient (Wildman–Crippen LogP) is 4.23. The highest BCUT2D eigenvalue weighted by molar-refractivity contribution is 6.22. The van der Waals surface area contributed by atoms with Gasteiger partial charge in [0, 0.05) is 29.3 Å². The molecule has 0 fully saturated rings. The van der Waals surface area contributed by atoms with Crippen molar-refractivity contribution in [3.63, 3.8) is 0 Å². The van der Waals surface area contributed by atoms with Gasteiger partial charge in [-0.3, -0.25) is 9.69 Å². The average molecular weight is 333 g/mol. The second kappa shape index (κ2) is 5.88. The van der Waals surface area contributed by atoms with Crippen LogP contribution in [0.2, 0.25) is 0 Å². The topological polar surface area (TPSA) is 46.6 Å². The minimum atomic E-state index is -1.21. The summed E-state index contributed by atoms with van der Waals surface area (Å²) in [6, 6.07) is 17.2. The number of carbonyl (C=O) groups excluding carboxylic acids is 2. The van der Waals surface area contributed by atoms with E-state index in [9.17, 15) is 9.59 Å². The van der Waals surface area contributed by atoms with E-state index in [1.54, 1.807) is 4.90 Å². The molecular weight excluding hydrogens is 314 g/mol. The van der Waals surface area contributed by atoms with Crippen molar-refractivity contribution in [3.05, 3.63) is 66.2 Å². The number of amides is 1. The van der Waals surface area contributed by atoms with Crippen molar-refractivity contribution in [1.29, 1.82) is 0 Å². The van der Waals surface area contributed by atoms with Gasteiger partial charge in [0.25, 0.3) is 5.91 Å². The number of para-hydroxylation sites is 2. The molecule has 2 heterocycles. The van der Waals surface area contributed by atoms with Gasteiger partial charge >= 0.3 is 5.97 Å². The van der Waals surface area contributed by atoms with E-state index in [1.165, 1.54) is 6.08 Å². The molecule has 0 radical (unpaired) electrons. The van der Waals surface area contributed by atoms with Crippen LogP contribution in [0.1, 0.15) is 31.7 Å². The number of benzene rings is 2. The lowest BCUT2D eigenvalue weighted by Crippen LogP contribution is -2.52. The summed E-state index contributed by atoms with van der Waals surface area (Å²) in [6.45, 7) is 2.06. The summed E-state index contributed by atoms with van der Waals surface area (Å²) in [6.07, 6.45) is 3.71. The van der Waals surface area contributed by atoms with Crippen molar-refractivity contribution in [3.8, 4) is 0 Å². The first kappa shape index (κ1) is 15.6. The molecule has 25 heavy (non-hydrogen) atoms. The minimum absolute atomic E-state index is 0.192. The number of ether oxygens (including phenoxy) is 1. The Hall–Kier alpha value is -2.88. The number of carbonyl (C=O) groups is 2. The molecule has 0 aliphatic carbocycles. The van der Waals surface area contributed by atoms with Crippen LogP contribution in [0.5, 0.6) is 0 Å². The van der Waals surface area contributed by atoms with E-state index in [2.05, 4.69) is 6.92 Å². The van der Waals surface area contributed by atoms with Gasteiger partial charge in [-0.25, -0.2) is 4.79 Å². The molecule has 2 aromatic rings. The normalized spacial score (nSPS) is 21.5. The highest BCUT2D eigenvalue weighted by Gasteiger charge is 2.55. The molecule has 2 aliphatic heterocycles. The number of esters is 1. The fourth-order valence-corrected chi connectivity index (χ4v) is 3.68. The van der Waals surface area contributed by atoms with Crippen LogP contribution in [-0.4, -0.2) is 17.5 Å². The lowest BCUT2D eigenvalue weighted by molar-refractivity contribution is -0.154. The smallest absolute Gasteiger partial charge is 0.332 e. The zero-order valence-electron chi connectivity index (χ0n) is 14.1. The molecule has 2 aromatic carbocycles. The Morgan fingerprint density at radius 2 is 1.72 bits per heavy atom. The molecule has 4 rings (SSSR count). The molecule has 0 N–H and O–H groups in total. The van der Waals surface area contributed by atoms with Crippen LogP contribution in [0, 0.1) is 0 Å². The molecule has 126 valence electrons. The number of unbranched alkanes of at least 4 members (excludes halogenated alkanes) is 1. The summed E-state index contributed by atoms with van der Waals surface area (Å²) in [7, 11) is 0. The van der Waals surface area contributed by atoms with Crippen LogP contribution in [0.25, 0.3) is 5.57 Å². The molecular formula is C21H19NO3. The molecule has 0 saturated carbocycles. The summed E-state index contributed by atoms with van der Waals surface area (Å²) >= 11 is 0. The third kappa shape index (κ3) is 2.29. The maximum absolute atomic E-state index is 13.6. The van der Waals surface area contributed by atoms with Crippen LogP contribution >= 0.6 is 0 Å². The summed E-state index contributed by atoms with van der Waals surface area (Å²) in [5, 5.41) is 0. The second-order valence-corrected chi connectivity index (χ2v) is 6.40. The van der Waals surface area contributed by atoms with Gasteiger partial charge in [-0.15, -0.1) is 0 Å². The highest BCUT2D eigenvalue weighted by Crippen LogP contribution is 2.50. The molecule has 1 amide bonds. The van der Waals surface area contributed by atoms with E-state index in [4.69, 9.17) is 4.74 Å². The minimum Gasteiger partial charge on any atom is -0.441 e. The van der Waals surface area contributed by atoms with Gasteiger partial charge in [0.2, 0.25) is 5.60 Å². The summed E-state index contributed by atoms with van der Waals surface area (Å²) in [5.74, 6) is -0.632.